The van der Waals surface area contributed by atoms with Crippen molar-refractivity contribution in [1.29, 1.82) is 0 Å². The van der Waals surface area contributed by atoms with Crippen molar-refractivity contribution in [3.05, 3.63) is 83.8 Å². The van der Waals surface area contributed by atoms with E-state index < -0.39 is 0 Å². The van der Waals surface area contributed by atoms with E-state index in [2.05, 4.69) is 76.3 Å². The minimum atomic E-state index is -0.0658. The number of nitrogens with one attached hydrogen (secondary N) is 3. The molecule has 4 aromatic rings. The standard InChI is InChI=1S/C36H38N4O/c41-36(31-6-3-19-37-31)39-28-15-13-23(14-16-28)30-18-17-29(33-26-11-12-27(20-26)34(30)33)22-7-9-24(10-8-22)32-21-38-35(40-32)25-4-1-2-5-25/h7-10,13-18,21,25-27,31,37H,1-6,11-12,19-20H2,(H,38,40)(H,39,41)/t26?,27?,31-/m0/s1. The third kappa shape index (κ3) is 4.51. The summed E-state index contributed by atoms with van der Waals surface area (Å²) >= 11 is 0. The molecule has 1 amide bonds. The monoisotopic (exact) mass is 542 g/mol. The Morgan fingerprint density at radius 3 is 1.98 bits per heavy atom. The van der Waals surface area contributed by atoms with Crippen LogP contribution in [-0.2, 0) is 4.79 Å². The van der Waals surface area contributed by atoms with Crippen molar-refractivity contribution >= 4 is 11.6 Å². The minimum Gasteiger partial charge on any atom is -0.342 e. The molecule has 1 aliphatic heterocycles. The third-order valence-corrected chi connectivity index (χ3v) is 10.2. The summed E-state index contributed by atoms with van der Waals surface area (Å²) in [5.74, 6) is 3.14. The van der Waals surface area contributed by atoms with Gasteiger partial charge in [0.25, 0.3) is 0 Å². The van der Waals surface area contributed by atoms with Gasteiger partial charge in [-0.05, 0) is 114 Å². The maximum atomic E-state index is 12.6. The fourth-order valence-corrected chi connectivity index (χ4v) is 8.12. The van der Waals surface area contributed by atoms with Crippen molar-refractivity contribution in [3.8, 4) is 33.5 Å². The highest BCUT2D eigenvalue weighted by Crippen LogP contribution is 2.58. The lowest BCUT2D eigenvalue weighted by Gasteiger charge is -2.23. The van der Waals surface area contributed by atoms with E-state index >= 15 is 0 Å². The third-order valence-electron chi connectivity index (χ3n) is 10.2. The van der Waals surface area contributed by atoms with Crippen LogP contribution in [0.15, 0.2) is 66.9 Å². The van der Waals surface area contributed by atoms with Crippen LogP contribution in [-0.4, -0.2) is 28.5 Å². The van der Waals surface area contributed by atoms with Gasteiger partial charge in [0.15, 0.2) is 0 Å². The van der Waals surface area contributed by atoms with Gasteiger partial charge in [-0.25, -0.2) is 4.98 Å². The average Bonchev–Trinajstić information content (AvgIpc) is 3.86. The SMILES string of the molecule is O=C(Nc1ccc(-c2ccc(-c3ccc(-c4cnc(C5CCCC5)[nH]4)cc3)c3c2C2CCC3C2)cc1)[C@@H]1CCCN1. The summed E-state index contributed by atoms with van der Waals surface area (Å²) in [7, 11) is 0. The Kier molecular flexibility index (Phi) is 6.29. The molecule has 41 heavy (non-hydrogen) atoms. The number of aromatic amines is 1. The van der Waals surface area contributed by atoms with Crippen molar-refractivity contribution < 1.29 is 4.79 Å². The first-order valence-corrected chi connectivity index (χ1v) is 15.7. The number of hydrogen-bond acceptors (Lipinski definition) is 3. The van der Waals surface area contributed by atoms with Crippen molar-refractivity contribution in [1.82, 2.24) is 15.3 Å². The summed E-state index contributed by atoms with van der Waals surface area (Å²) in [4.78, 5) is 20.9. The number of fused-ring (bicyclic) bond motifs is 5. The van der Waals surface area contributed by atoms with E-state index in [1.165, 1.54) is 72.8 Å². The zero-order valence-corrected chi connectivity index (χ0v) is 23.6. The summed E-state index contributed by atoms with van der Waals surface area (Å²) in [5.41, 5.74) is 11.6. The number of amides is 1. The molecule has 1 aromatic heterocycles. The van der Waals surface area contributed by atoms with Crippen LogP contribution in [0.25, 0.3) is 33.5 Å². The Bertz CT molecular complexity index is 1570. The Labute approximate surface area is 242 Å². The van der Waals surface area contributed by atoms with Crippen molar-refractivity contribution in [2.24, 2.45) is 0 Å². The second-order valence-corrected chi connectivity index (χ2v) is 12.7. The van der Waals surface area contributed by atoms with E-state index in [4.69, 9.17) is 4.98 Å². The molecule has 5 heteroatoms. The van der Waals surface area contributed by atoms with E-state index in [1.54, 1.807) is 11.1 Å². The highest BCUT2D eigenvalue weighted by atomic mass is 16.2. The molecule has 0 spiro atoms. The largest absolute Gasteiger partial charge is 0.342 e. The van der Waals surface area contributed by atoms with Gasteiger partial charge in [-0.2, -0.15) is 0 Å². The van der Waals surface area contributed by atoms with E-state index in [0.717, 1.165) is 36.6 Å². The Hall–Kier alpha value is -3.70. The second-order valence-electron chi connectivity index (χ2n) is 12.7. The van der Waals surface area contributed by atoms with Gasteiger partial charge in [0.1, 0.15) is 5.82 Å². The van der Waals surface area contributed by atoms with Crippen LogP contribution in [0.3, 0.4) is 0 Å². The van der Waals surface area contributed by atoms with Gasteiger partial charge >= 0.3 is 0 Å². The number of H-pyrrole nitrogens is 1. The molecule has 2 bridgehead atoms. The number of anilines is 1. The van der Waals surface area contributed by atoms with Gasteiger partial charge in [0.2, 0.25) is 5.91 Å². The number of imidazole rings is 1. The molecule has 0 radical (unpaired) electrons. The van der Waals surface area contributed by atoms with Gasteiger partial charge in [0, 0.05) is 11.6 Å². The van der Waals surface area contributed by atoms with Crippen molar-refractivity contribution in [2.75, 3.05) is 11.9 Å². The molecule has 1 saturated heterocycles. The molecule has 8 rings (SSSR count). The number of hydrogen-bond donors (Lipinski definition) is 3. The average molecular weight is 543 g/mol. The van der Waals surface area contributed by atoms with Crippen LogP contribution in [0.2, 0.25) is 0 Å². The molecule has 5 nitrogen and oxygen atoms in total. The fraction of sp³-hybridized carbons (Fsp3) is 0.389. The highest BCUT2D eigenvalue weighted by molar-refractivity contribution is 5.95. The zero-order valence-electron chi connectivity index (χ0n) is 23.6. The first kappa shape index (κ1) is 25.0. The minimum absolute atomic E-state index is 0.0658. The lowest BCUT2D eigenvalue weighted by molar-refractivity contribution is -0.117. The molecule has 3 aliphatic carbocycles. The number of nitrogens with zero attached hydrogens (tertiary/aromatic N) is 1. The first-order chi connectivity index (χ1) is 20.2. The molecule has 4 aliphatic rings. The summed E-state index contributed by atoms with van der Waals surface area (Å²) in [5, 5.41) is 6.38. The summed E-state index contributed by atoms with van der Waals surface area (Å²) in [6.07, 6.45) is 13.0. The van der Waals surface area contributed by atoms with Gasteiger partial charge in [-0.1, -0.05) is 61.4 Å². The van der Waals surface area contributed by atoms with Gasteiger partial charge in [-0.15, -0.1) is 0 Å². The number of carbonyl (C=O) groups is 1. The molecule has 3 atom stereocenters. The molecule has 3 aromatic carbocycles. The number of rotatable bonds is 6. The lowest BCUT2D eigenvalue weighted by Crippen LogP contribution is -2.35. The molecular weight excluding hydrogens is 504 g/mol. The summed E-state index contributed by atoms with van der Waals surface area (Å²) in [6, 6.07) is 22.2. The van der Waals surface area contributed by atoms with Crippen molar-refractivity contribution in [2.45, 2.75) is 81.6 Å². The molecule has 208 valence electrons. The highest BCUT2D eigenvalue weighted by Gasteiger charge is 2.40. The number of benzene rings is 3. The van der Waals surface area contributed by atoms with Gasteiger partial charge < -0.3 is 15.6 Å². The van der Waals surface area contributed by atoms with E-state index in [9.17, 15) is 4.79 Å². The normalized spacial score (nSPS) is 23.3. The van der Waals surface area contributed by atoms with E-state index in [0.29, 0.717) is 17.8 Å². The predicted molar refractivity (Wildman–Crippen MR) is 165 cm³/mol. The zero-order chi connectivity index (χ0) is 27.3. The van der Waals surface area contributed by atoms with Crippen LogP contribution >= 0.6 is 0 Å². The summed E-state index contributed by atoms with van der Waals surface area (Å²) in [6.45, 7) is 0.926. The fourth-order valence-electron chi connectivity index (χ4n) is 8.12. The molecule has 2 unspecified atom stereocenters. The quantitative estimate of drug-likeness (QED) is 0.230. The Morgan fingerprint density at radius 1 is 0.707 bits per heavy atom. The van der Waals surface area contributed by atoms with Crippen LogP contribution in [0.4, 0.5) is 5.69 Å². The Morgan fingerprint density at radius 2 is 1.34 bits per heavy atom. The molecule has 2 heterocycles. The number of aromatic nitrogens is 2. The van der Waals surface area contributed by atoms with Crippen LogP contribution in [0.1, 0.15) is 92.5 Å². The number of carbonyl (C=O) groups excluding carboxylic acids is 1. The first-order valence-electron chi connectivity index (χ1n) is 15.7. The Balaban J connectivity index is 1.07. The van der Waals surface area contributed by atoms with Gasteiger partial charge in [0.05, 0.1) is 17.9 Å². The second kappa shape index (κ2) is 10.3. The van der Waals surface area contributed by atoms with E-state index in [-0.39, 0.29) is 11.9 Å². The van der Waals surface area contributed by atoms with Crippen LogP contribution in [0, 0.1) is 0 Å². The summed E-state index contributed by atoms with van der Waals surface area (Å²) < 4.78 is 0. The van der Waals surface area contributed by atoms with Crippen LogP contribution < -0.4 is 10.6 Å². The topological polar surface area (TPSA) is 69.8 Å². The smallest absolute Gasteiger partial charge is 0.241 e. The van der Waals surface area contributed by atoms with Crippen LogP contribution in [0.5, 0.6) is 0 Å². The van der Waals surface area contributed by atoms with E-state index in [1.807, 2.05) is 6.20 Å². The van der Waals surface area contributed by atoms with Crippen molar-refractivity contribution in [3.63, 3.8) is 0 Å². The maximum Gasteiger partial charge on any atom is 0.241 e. The lowest BCUT2D eigenvalue weighted by atomic mass is 9.81. The molecule has 3 fully saturated rings. The maximum absolute atomic E-state index is 12.6. The molecule has 2 saturated carbocycles. The molecule has 3 N–H and O–H groups in total. The molecular formula is C36H38N4O. The van der Waals surface area contributed by atoms with Gasteiger partial charge in [-0.3, -0.25) is 4.79 Å². The predicted octanol–water partition coefficient (Wildman–Crippen LogP) is 8.12.